The predicted octanol–water partition coefficient (Wildman–Crippen LogP) is 4.53. The number of amides is 1. The third-order valence-corrected chi connectivity index (χ3v) is 6.39. The number of ether oxygens (including phenoxy) is 1. The number of piperazine rings is 1. The molecule has 0 radical (unpaired) electrons. The largest absolute Gasteiger partial charge is 0.495 e. The van der Waals surface area contributed by atoms with Crippen molar-refractivity contribution in [3.8, 4) is 5.75 Å². The van der Waals surface area contributed by atoms with E-state index in [1.165, 1.54) is 11.3 Å². The molecule has 0 atom stereocenters. The predicted molar refractivity (Wildman–Crippen MR) is 108 cm³/mol. The van der Waals surface area contributed by atoms with Crippen LogP contribution in [0.4, 0.5) is 5.69 Å². The van der Waals surface area contributed by atoms with Crippen molar-refractivity contribution in [2.75, 3.05) is 38.2 Å². The molecule has 1 fully saturated rings. The summed E-state index contributed by atoms with van der Waals surface area (Å²) in [6, 6.07) is 15.9. The minimum atomic E-state index is 0.0240. The van der Waals surface area contributed by atoms with E-state index in [1.807, 2.05) is 47.4 Å². The van der Waals surface area contributed by atoms with Gasteiger partial charge in [0.25, 0.3) is 5.91 Å². The number of anilines is 1. The lowest BCUT2D eigenvalue weighted by Crippen LogP contribution is -2.48. The number of fused-ring (bicyclic) bond motifs is 1. The molecule has 0 spiro atoms. The molecule has 1 amide bonds. The van der Waals surface area contributed by atoms with E-state index < -0.39 is 0 Å². The van der Waals surface area contributed by atoms with Crippen LogP contribution < -0.4 is 9.64 Å². The molecule has 0 unspecified atom stereocenters. The fourth-order valence-corrected chi connectivity index (χ4v) is 4.82. The first-order valence-corrected chi connectivity index (χ1v) is 9.73. The fourth-order valence-electron chi connectivity index (χ4n) is 3.34. The van der Waals surface area contributed by atoms with E-state index in [4.69, 9.17) is 16.3 Å². The maximum atomic E-state index is 13.0. The molecule has 134 valence electrons. The second-order valence-electron chi connectivity index (χ2n) is 6.19. The Morgan fingerprint density at radius 2 is 1.73 bits per heavy atom. The first kappa shape index (κ1) is 17.2. The van der Waals surface area contributed by atoms with Crippen molar-refractivity contribution in [2.45, 2.75) is 0 Å². The summed E-state index contributed by atoms with van der Waals surface area (Å²) in [5.41, 5.74) is 1.07. The van der Waals surface area contributed by atoms with Gasteiger partial charge >= 0.3 is 0 Å². The molecule has 0 aliphatic carbocycles. The number of hydrogen-bond acceptors (Lipinski definition) is 4. The molecule has 0 saturated carbocycles. The van der Waals surface area contributed by atoms with Crippen LogP contribution in [0.25, 0.3) is 10.1 Å². The lowest BCUT2D eigenvalue weighted by atomic mass is 10.2. The average Bonchev–Trinajstić information content (AvgIpc) is 3.04. The van der Waals surface area contributed by atoms with E-state index in [9.17, 15) is 4.79 Å². The van der Waals surface area contributed by atoms with Crippen LogP contribution >= 0.6 is 22.9 Å². The van der Waals surface area contributed by atoms with Gasteiger partial charge < -0.3 is 14.5 Å². The van der Waals surface area contributed by atoms with Crippen molar-refractivity contribution in [1.82, 2.24) is 4.90 Å². The minimum absolute atomic E-state index is 0.0240. The molecule has 0 N–H and O–H groups in total. The lowest BCUT2D eigenvalue weighted by Gasteiger charge is -2.36. The highest BCUT2D eigenvalue weighted by Gasteiger charge is 2.26. The highest BCUT2D eigenvalue weighted by atomic mass is 35.5. The Morgan fingerprint density at radius 1 is 1.04 bits per heavy atom. The van der Waals surface area contributed by atoms with Gasteiger partial charge in [0.15, 0.2) is 0 Å². The smallest absolute Gasteiger partial charge is 0.265 e. The Kier molecular flexibility index (Phi) is 4.74. The van der Waals surface area contributed by atoms with E-state index in [1.54, 1.807) is 7.11 Å². The summed E-state index contributed by atoms with van der Waals surface area (Å²) < 4.78 is 6.50. The molecule has 4 rings (SSSR count). The number of methoxy groups -OCH3 is 1. The van der Waals surface area contributed by atoms with Crippen molar-refractivity contribution in [3.05, 3.63) is 58.4 Å². The Morgan fingerprint density at radius 3 is 2.46 bits per heavy atom. The normalized spacial score (nSPS) is 14.7. The molecule has 0 bridgehead atoms. The van der Waals surface area contributed by atoms with Gasteiger partial charge in [-0.1, -0.05) is 41.9 Å². The van der Waals surface area contributed by atoms with Crippen LogP contribution in [0.2, 0.25) is 5.02 Å². The number of halogens is 1. The van der Waals surface area contributed by atoms with Crippen LogP contribution in [-0.4, -0.2) is 44.1 Å². The summed E-state index contributed by atoms with van der Waals surface area (Å²) in [6.45, 7) is 2.88. The number of thiophene rings is 1. The minimum Gasteiger partial charge on any atom is -0.495 e. The molecule has 2 aromatic carbocycles. The van der Waals surface area contributed by atoms with Gasteiger partial charge in [0.05, 0.1) is 17.8 Å². The average molecular weight is 387 g/mol. The van der Waals surface area contributed by atoms with E-state index in [-0.39, 0.29) is 5.91 Å². The van der Waals surface area contributed by atoms with E-state index in [2.05, 4.69) is 11.0 Å². The zero-order valence-electron chi connectivity index (χ0n) is 14.4. The topological polar surface area (TPSA) is 32.8 Å². The van der Waals surface area contributed by atoms with Crippen molar-refractivity contribution in [1.29, 1.82) is 0 Å². The van der Waals surface area contributed by atoms with E-state index in [0.29, 0.717) is 23.0 Å². The molecule has 1 aliphatic rings. The van der Waals surface area contributed by atoms with Crippen LogP contribution in [0.3, 0.4) is 0 Å². The summed E-state index contributed by atoms with van der Waals surface area (Å²) in [7, 11) is 1.68. The zero-order chi connectivity index (χ0) is 18.1. The van der Waals surface area contributed by atoms with Gasteiger partial charge in [-0.3, -0.25) is 4.79 Å². The molecule has 6 heteroatoms. The van der Waals surface area contributed by atoms with Gasteiger partial charge in [0, 0.05) is 36.3 Å². The SMILES string of the molecule is COc1ccccc1N1CCN(C(=O)c2sc3ccccc3c2Cl)CC1. The Labute approximate surface area is 161 Å². The van der Waals surface area contributed by atoms with Gasteiger partial charge in [-0.05, 0) is 18.2 Å². The maximum absolute atomic E-state index is 13.0. The van der Waals surface area contributed by atoms with Crippen LogP contribution in [0, 0.1) is 0 Å². The van der Waals surface area contributed by atoms with E-state index in [0.717, 1.165) is 34.6 Å². The number of nitrogens with zero attached hydrogens (tertiary/aromatic N) is 2. The second-order valence-corrected chi connectivity index (χ2v) is 7.62. The summed E-state index contributed by atoms with van der Waals surface area (Å²) in [6.07, 6.45) is 0. The molecular formula is C20H19ClN2O2S. The molecule has 3 aromatic rings. The molecule has 26 heavy (non-hydrogen) atoms. The lowest BCUT2D eigenvalue weighted by molar-refractivity contribution is 0.0752. The highest BCUT2D eigenvalue weighted by molar-refractivity contribution is 7.21. The van der Waals surface area contributed by atoms with Gasteiger partial charge in [0.1, 0.15) is 10.6 Å². The van der Waals surface area contributed by atoms with Gasteiger partial charge in [-0.25, -0.2) is 0 Å². The third-order valence-electron chi connectivity index (χ3n) is 4.72. The Hall–Kier alpha value is -2.24. The molecule has 4 nitrogen and oxygen atoms in total. The summed E-state index contributed by atoms with van der Waals surface area (Å²) >= 11 is 7.94. The number of carbonyl (C=O) groups is 1. The first-order valence-electron chi connectivity index (χ1n) is 8.53. The van der Waals surface area contributed by atoms with Gasteiger partial charge in [0.2, 0.25) is 0 Å². The van der Waals surface area contributed by atoms with Gasteiger partial charge in [-0.2, -0.15) is 0 Å². The summed E-state index contributed by atoms with van der Waals surface area (Å²) in [4.78, 5) is 17.8. The molecule has 2 heterocycles. The molecule has 1 aliphatic heterocycles. The number of rotatable bonds is 3. The third kappa shape index (κ3) is 3.02. The fraction of sp³-hybridized carbons (Fsp3) is 0.250. The standard InChI is InChI=1S/C20H19ClN2O2S/c1-25-16-8-4-3-7-15(16)22-10-12-23(13-11-22)20(24)19-18(21)14-6-2-5-9-17(14)26-19/h2-9H,10-13H2,1H3. The quantitative estimate of drug-likeness (QED) is 0.663. The number of benzene rings is 2. The molecule has 1 saturated heterocycles. The number of carbonyl (C=O) groups excluding carboxylic acids is 1. The second kappa shape index (κ2) is 7.17. The number of hydrogen-bond donors (Lipinski definition) is 0. The van der Waals surface area contributed by atoms with Crippen molar-refractivity contribution in [3.63, 3.8) is 0 Å². The van der Waals surface area contributed by atoms with Crippen LogP contribution in [0.1, 0.15) is 9.67 Å². The van der Waals surface area contributed by atoms with Crippen molar-refractivity contribution in [2.24, 2.45) is 0 Å². The Bertz CT molecular complexity index is 948. The highest BCUT2D eigenvalue weighted by Crippen LogP contribution is 2.36. The van der Waals surface area contributed by atoms with E-state index >= 15 is 0 Å². The molecule has 1 aromatic heterocycles. The monoisotopic (exact) mass is 386 g/mol. The summed E-state index contributed by atoms with van der Waals surface area (Å²) in [5, 5.41) is 1.53. The van der Waals surface area contributed by atoms with Crippen molar-refractivity contribution < 1.29 is 9.53 Å². The van der Waals surface area contributed by atoms with Crippen LogP contribution in [-0.2, 0) is 0 Å². The van der Waals surface area contributed by atoms with Crippen LogP contribution in [0.5, 0.6) is 5.75 Å². The van der Waals surface area contributed by atoms with Crippen LogP contribution in [0.15, 0.2) is 48.5 Å². The van der Waals surface area contributed by atoms with Crippen molar-refractivity contribution >= 4 is 44.6 Å². The molecular weight excluding hydrogens is 368 g/mol. The van der Waals surface area contributed by atoms with Gasteiger partial charge in [-0.15, -0.1) is 11.3 Å². The Balaban J connectivity index is 1.50. The number of para-hydroxylation sites is 2. The summed E-state index contributed by atoms with van der Waals surface area (Å²) in [5.74, 6) is 0.885. The zero-order valence-corrected chi connectivity index (χ0v) is 16.0. The first-order chi connectivity index (χ1) is 12.7. The maximum Gasteiger partial charge on any atom is 0.265 e.